The lowest BCUT2D eigenvalue weighted by Gasteiger charge is -2.38. The number of nitrogens with one attached hydrogen (secondary N) is 1. The number of hydrogen-bond donors (Lipinski definition) is 1. The third-order valence-electron chi connectivity index (χ3n) is 5.46. The summed E-state index contributed by atoms with van der Waals surface area (Å²) in [5.74, 6) is 0.620. The number of rotatable bonds is 3. The first-order chi connectivity index (χ1) is 12.6. The molecule has 1 aromatic rings. The van der Waals surface area contributed by atoms with Gasteiger partial charge in [0.25, 0.3) is 5.91 Å². The molecule has 2 unspecified atom stereocenters. The number of piperidine rings is 1. The van der Waals surface area contributed by atoms with Crippen molar-refractivity contribution in [3.05, 3.63) is 35.9 Å². The summed E-state index contributed by atoms with van der Waals surface area (Å²) in [7, 11) is 1.71. The molecule has 2 atom stereocenters. The van der Waals surface area contributed by atoms with E-state index in [-0.39, 0.29) is 11.9 Å². The summed E-state index contributed by atoms with van der Waals surface area (Å²) < 4.78 is 0. The number of carbonyl (C=O) groups excluding carboxylic acids is 2. The Morgan fingerprint density at radius 1 is 1.12 bits per heavy atom. The van der Waals surface area contributed by atoms with Gasteiger partial charge >= 0.3 is 6.03 Å². The summed E-state index contributed by atoms with van der Waals surface area (Å²) in [6.45, 7) is 2.62. The predicted molar refractivity (Wildman–Crippen MR) is 98.6 cm³/mol. The van der Waals surface area contributed by atoms with Gasteiger partial charge in [-0.2, -0.15) is 0 Å². The van der Waals surface area contributed by atoms with Gasteiger partial charge in [0.05, 0.1) is 0 Å². The summed E-state index contributed by atoms with van der Waals surface area (Å²) in [6.07, 6.45) is 3.91. The average molecular weight is 355 g/mol. The molecule has 4 rings (SSSR count). The second-order valence-corrected chi connectivity index (χ2v) is 7.17. The molecular formula is C19H25N5O2. The molecule has 3 aliphatic heterocycles. The van der Waals surface area contributed by atoms with Crippen molar-refractivity contribution < 1.29 is 9.59 Å². The maximum absolute atomic E-state index is 12.6. The van der Waals surface area contributed by atoms with Crippen molar-refractivity contribution in [2.24, 2.45) is 4.99 Å². The Kier molecular flexibility index (Phi) is 4.53. The lowest BCUT2D eigenvalue weighted by atomic mass is 10.1. The molecule has 1 aromatic carbocycles. The first-order valence-corrected chi connectivity index (χ1v) is 9.36. The molecule has 3 heterocycles. The van der Waals surface area contributed by atoms with E-state index in [9.17, 15) is 9.59 Å². The molecule has 0 spiro atoms. The van der Waals surface area contributed by atoms with Gasteiger partial charge in [-0.25, -0.2) is 9.79 Å². The number of nitrogens with zero attached hydrogens (tertiary/aromatic N) is 4. The van der Waals surface area contributed by atoms with E-state index < -0.39 is 12.2 Å². The zero-order chi connectivity index (χ0) is 18.1. The monoisotopic (exact) mass is 355 g/mol. The van der Waals surface area contributed by atoms with E-state index in [2.05, 4.69) is 27.2 Å². The minimum absolute atomic E-state index is 0.248. The van der Waals surface area contributed by atoms with Gasteiger partial charge in [-0.3, -0.25) is 10.1 Å². The molecule has 0 aliphatic carbocycles. The van der Waals surface area contributed by atoms with Crippen LogP contribution in [0.25, 0.3) is 0 Å². The first kappa shape index (κ1) is 16.9. The van der Waals surface area contributed by atoms with Gasteiger partial charge in [-0.1, -0.05) is 30.3 Å². The minimum atomic E-state index is -0.446. The van der Waals surface area contributed by atoms with Crippen LogP contribution in [0, 0.1) is 0 Å². The van der Waals surface area contributed by atoms with Crippen LogP contribution in [-0.2, 0) is 11.2 Å². The smallest absolute Gasteiger partial charge is 0.325 e. The van der Waals surface area contributed by atoms with Crippen LogP contribution in [0.1, 0.15) is 24.8 Å². The molecule has 26 heavy (non-hydrogen) atoms. The van der Waals surface area contributed by atoms with Crippen molar-refractivity contribution in [1.29, 1.82) is 0 Å². The van der Waals surface area contributed by atoms with Crippen molar-refractivity contribution in [3.8, 4) is 0 Å². The minimum Gasteiger partial charge on any atom is -0.343 e. The molecule has 7 heteroatoms. The van der Waals surface area contributed by atoms with E-state index in [1.807, 2.05) is 18.2 Å². The lowest BCUT2D eigenvalue weighted by Crippen LogP contribution is -2.64. The van der Waals surface area contributed by atoms with Crippen molar-refractivity contribution in [2.75, 3.05) is 26.7 Å². The van der Waals surface area contributed by atoms with Gasteiger partial charge < -0.3 is 14.7 Å². The van der Waals surface area contributed by atoms with Crippen molar-refractivity contribution in [1.82, 2.24) is 20.0 Å². The highest BCUT2D eigenvalue weighted by Crippen LogP contribution is 2.27. The summed E-state index contributed by atoms with van der Waals surface area (Å²) in [5.41, 5.74) is 1.23. The Hall–Kier alpha value is -2.57. The Bertz CT molecular complexity index is 714. The average Bonchev–Trinajstić information content (AvgIpc) is 3.06. The molecule has 138 valence electrons. The highest BCUT2D eigenvalue weighted by Gasteiger charge is 2.49. The second-order valence-electron chi connectivity index (χ2n) is 7.17. The molecule has 2 saturated heterocycles. The molecule has 1 N–H and O–H groups in total. The number of carbonyl (C=O) groups is 2. The molecule has 2 fully saturated rings. The fourth-order valence-corrected chi connectivity index (χ4v) is 4.00. The van der Waals surface area contributed by atoms with Crippen LogP contribution in [0.3, 0.4) is 0 Å². The van der Waals surface area contributed by atoms with Crippen LogP contribution in [0.2, 0.25) is 0 Å². The van der Waals surface area contributed by atoms with E-state index in [0.717, 1.165) is 38.3 Å². The second kappa shape index (κ2) is 6.97. The zero-order valence-electron chi connectivity index (χ0n) is 15.1. The van der Waals surface area contributed by atoms with Crippen LogP contribution >= 0.6 is 0 Å². The Labute approximate surface area is 153 Å². The van der Waals surface area contributed by atoms with E-state index in [0.29, 0.717) is 6.54 Å². The maximum atomic E-state index is 12.6. The van der Waals surface area contributed by atoms with Crippen LogP contribution in [0.15, 0.2) is 35.3 Å². The third kappa shape index (κ3) is 3.02. The number of hydrogen-bond acceptors (Lipinski definition) is 5. The van der Waals surface area contributed by atoms with E-state index >= 15 is 0 Å². The maximum Gasteiger partial charge on any atom is 0.325 e. The van der Waals surface area contributed by atoms with Gasteiger partial charge in [0, 0.05) is 26.7 Å². The van der Waals surface area contributed by atoms with E-state index in [4.69, 9.17) is 4.99 Å². The topological polar surface area (TPSA) is 68.2 Å². The van der Waals surface area contributed by atoms with Crippen molar-refractivity contribution in [2.45, 2.75) is 37.9 Å². The molecule has 0 bridgehead atoms. The van der Waals surface area contributed by atoms with Crippen LogP contribution < -0.4 is 5.32 Å². The molecule has 0 radical (unpaired) electrons. The molecule has 3 amide bonds. The number of aliphatic imine (C=N–C) groups is 1. The predicted octanol–water partition coefficient (Wildman–Crippen LogP) is 1.26. The number of urea groups is 1. The van der Waals surface area contributed by atoms with Crippen LogP contribution in [0.4, 0.5) is 4.79 Å². The normalized spacial score (nSPS) is 25.9. The summed E-state index contributed by atoms with van der Waals surface area (Å²) in [5, 5.41) is 2.47. The number of likely N-dealkylation sites (tertiary alicyclic amines) is 1. The molecule has 7 nitrogen and oxygen atoms in total. The van der Waals surface area contributed by atoms with Gasteiger partial charge in [-0.05, 0) is 31.2 Å². The summed E-state index contributed by atoms with van der Waals surface area (Å²) in [4.78, 5) is 35.3. The third-order valence-corrected chi connectivity index (χ3v) is 5.46. The number of imide groups is 1. The van der Waals surface area contributed by atoms with Gasteiger partial charge in [0.1, 0.15) is 0 Å². The molecular weight excluding hydrogens is 330 g/mol. The number of fused-ring (bicyclic) bond motifs is 1. The van der Waals surface area contributed by atoms with Gasteiger partial charge in [-0.15, -0.1) is 0 Å². The first-order valence-electron chi connectivity index (χ1n) is 9.36. The lowest BCUT2D eigenvalue weighted by molar-refractivity contribution is -0.127. The Balaban J connectivity index is 1.60. The number of amides is 3. The molecule has 0 aromatic heterocycles. The highest BCUT2D eigenvalue weighted by molar-refractivity contribution is 6.03. The highest BCUT2D eigenvalue weighted by atomic mass is 16.2. The SMILES string of the molecule is CN1C(=O)NC(=O)C2C1N=C(N1CCCCC1)N2CCc1ccccc1. The van der Waals surface area contributed by atoms with Crippen LogP contribution in [0.5, 0.6) is 0 Å². The fraction of sp³-hybridized carbons (Fsp3) is 0.526. The largest absolute Gasteiger partial charge is 0.343 e. The van der Waals surface area contributed by atoms with E-state index in [1.165, 1.54) is 12.0 Å². The van der Waals surface area contributed by atoms with Crippen LogP contribution in [-0.4, -0.2) is 71.5 Å². The van der Waals surface area contributed by atoms with Crippen molar-refractivity contribution in [3.63, 3.8) is 0 Å². The summed E-state index contributed by atoms with van der Waals surface area (Å²) in [6, 6.07) is 9.44. The standard InChI is InChI=1S/C19H25N5O2/c1-22-16-15(17(25)21-19(22)26)24(13-10-14-8-4-2-5-9-14)18(20-16)23-11-6-3-7-12-23/h2,4-5,8-9,15-16H,3,6-7,10-13H2,1H3,(H,21,25,26). The number of benzene rings is 1. The summed E-state index contributed by atoms with van der Waals surface area (Å²) >= 11 is 0. The zero-order valence-corrected chi connectivity index (χ0v) is 15.1. The molecule has 0 saturated carbocycles. The van der Waals surface area contributed by atoms with Gasteiger partial charge in [0.2, 0.25) is 0 Å². The Morgan fingerprint density at radius 2 is 1.85 bits per heavy atom. The number of likely N-dealkylation sites (N-methyl/N-ethyl adjacent to an activating group) is 1. The Morgan fingerprint density at radius 3 is 2.58 bits per heavy atom. The van der Waals surface area contributed by atoms with Crippen molar-refractivity contribution >= 4 is 17.9 Å². The van der Waals surface area contributed by atoms with Gasteiger partial charge in [0.15, 0.2) is 18.2 Å². The quantitative estimate of drug-likeness (QED) is 0.886. The molecule has 3 aliphatic rings. The fourth-order valence-electron chi connectivity index (χ4n) is 4.00. The number of guanidine groups is 1. The van der Waals surface area contributed by atoms with E-state index in [1.54, 1.807) is 11.9 Å².